The van der Waals surface area contributed by atoms with E-state index in [0.29, 0.717) is 12.0 Å². The first-order valence-electron chi connectivity index (χ1n) is 7.60. The Morgan fingerprint density at radius 1 is 1.46 bits per heavy atom. The zero-order valence-corrected chi connectivity index (χ0v) is 15.7. The molecule has 138 valence electrons. The lowest BCUT2D eigenvalue weighted by atomic mass is 10.1. The van der Waals surface area contributed by atoms with Crippen molar-refractivity contribution in [2.45, 2.75) is 13.3 Å². The minimum absolute atomic E-state index is 0.123. The fourth-order valence-electron chi connectivity index (χ4n) is 2.12. The van der Waals surface area contributed by atoms with Gasteiger partial charge in [-0.15, -0.1) is 0 Å². The number of thioether (sulfide) groups is 1. The number of carbonyl (C=O) groups is 2. The zero-order chi connectivity index (χ0) is 19.3. The molecule has 0 atom stereocenters. The van der Waals surface area contributed by atoms with Crippen molar-refractivity contribution in [1.82, 2.24) is 4.90 Å². The van der Waals surface area contributed by atoms with Crippen LogP contribution < -0.4 is 4.74 Å². The zero-order valence-electron chi connectivity index (χ0n) is 14.1. The van der Waals surface area contributed by atoms with E-state index in [1.54, 1.807) is 6.07 Å². The van der Waals surface area contributed by atoms with Gasteiger partial charge in [0, 0.05) is 6.07 Å². The third kappa shape index (κ3) is 4.58. The number of nitrogens with zero attached hydrogens (tertiary/aromatic N) is 2. The van der Waals surface area contributed by atoms with Gasteiger partial charge in [0.25, 0.3) is 5.91 Å². The van der Waals surface area contributed by atoms with Crippen LogP contribution in [0.3, 0.4) is 0 Å². The number of amides is 1. The van der Waals surface area contributed by atoms with Crippen molar-refractivity contribution in [2.24, 2.45) is 0 Å². The Hall–Kier alpha value is -2.46. The molecule has 26 heavy (non-hydrogen) atoms. The SMILES string of the molecule is CCCOC(=O)CN1C(=O)C(=Cc2ccc(OC)c([N+](=O)[O-])c2)SC1=S. The van der Waals surface area contributed by atoms with Gasteiger partial charge >= 0.3 is 11.7 Å². The lowest BCUT2D eigenvalue weighted by Gasteiger charge is -2.13. The smallest absolute Gasteiger partial charge is 0.326 e. The van der Waals surface area contributed by atoms with Gasteiger partial charge in [0.2, 0.25) is 0 Å². The number of ether oxygens (including phenoxy) is 2. The number of carbonyl (C=O) groups excluding carboxylic acids is 2. The Bertz CT molecular complexity index is 793. The summed E-state index contributed by atoms with van der Waals surface area (Å²) in [6, 6.07) is 4.35. The second-order valence-electron chi connectivity index (χ2n) is 5.18. The fraction of sp³-hybridized carbons (Fsp3) is 0.312. The highest BCUT2D eigenvalue weighted by Gasteiger charge is 2.33. The largest absolute Gasteiger partial charge is 0.490 e. The number of thiocarbonyl (C=S) groups is 1. The maximum Gasteiger partial charge on any atom is 0.326 e. The van der Waals surface area contributed by atoms with E-state index in [9.17, 15) is 19.7 Å². The monoisotopic (exact) mass is 396 g/mol. The van der Waals surface area contributed by atoms with Gasteiger partial charge in [-0.1, -0.05) is 37.0 Å². The molecule has 10 heteroatoms. The molecule has 0 N–H and O–H groups in total. The van der Waals surface area contributed by atoms with Gasteiger partial charge in [-0.2, -0.15) is 0 Å². The van der Waals surface area contributed by atoms with Crippen LogP contribution in [0.2, 0.25) is 0 Å². The van der Waals surface area contributed by atoms with Crippen molar-refractivity contribution in [2.75, 3.05) is 20.3 Å². The van der Waals surface area contributed by atoms with E-state index in [1.807, 2.05) is 6.92 Å². The predicted molar refractivity (Wildman–Crippen MR) is 101 cm³/mol. The predicted octanol–water partition coefficient (Wildman–Crippen LogP) is 2.76. The number of nitro groups is 1. The number of rotatable bonds is 7. The third-order valence-corrected chi connectivity index (χ3v) is 4.70. The summed E-state index contributed by atoms with van der Waals surface area (Å²) in [7, 11) is 1.34. The van der Waals surface area contributed by atoms with Gasteiger partial charge in [-0.3, -0.25) is 24.6 Å². The van der Waals surface area contributed by atoms with Gasteiger partial charge < -0.3 is 9.47 Å². The van der Waals surface area contributed by atoms with Crippen LogP contribution in [0.25, 0.3) is 6.08 Å². The van der Waals surface area contributed by atoms with Crippen LogP contribution in [-0.4, -0.2) is 46.3 Å². The molecular weight excluding hydrogens is 380 g/mol. The van der Waals surface area contributed by atoms with Gasteiger partial charge in [0.1, 0.15) is 10.9 Å². The van der Waals surface area contributed by atoms with Gasteiger partial charge in [0.15, 0.2) is 5.75 Å². The summed E-state index contributed by atoms with van der Waals surface area (Å²) < 4.78 is 10.1. The van der Waals surface area contributed by atoms with E-state index in [-0.39, 0.29) is 33.8 Å². The quantitative estimate of drug-likeness (QED) is 0.228. The molecule has 0 radical (unpaired) electrons. The first-order valence-corrected chi connectivity index (χ1v) is 8.83. The lowest BCUT2D eigenvalue weighted by molar-refractivity contribution is -0.385. The molecule has 2 rings (SSSR count). The third-order valence-electron chi connectivity index (χ3n) is 3.33. The minimum Gasteiger partial charge on any atom is -0.490 e. The highest BCUT2D eigenvalue weighted by Crippen LogP contribution is 2.34. The van der Waals surface area contributed by atoms with Crippen LogP contribution >= 0.6 is 24.0 Å². The van der Waals surface area contributed by atoms with Gasteiger partial charge in [-0.25, -0.2) is 0 Å². The van der Waals surface area contributed by atoms with E-state index < -0.39 is 16.8 Å². The molecule has 1 heterocycles. The van der Waals surface area contributed by atoms with Crippen molar-refractivity contribution in [1.29, 1.82) is 0 Å². The Labute approximate surface area is 159 Å². The molecule has 8 nitrogen and oxygen atoms in total. The Balaban J connectivity index is 2.20. The van der Waals surface area contributed by atoms with Crippen LogP contribution in [0.1, 0.15) is 18.9 Å². The molecule has 0 spiro atoms. The maximum atomic E-state index is 12.5. The van der Waals surface area contributed by atoms with Crippen molar-refractivity contribution in [3.8, 4) is 5.75 Å². The average molecular weight is 396 g/mol. The van der Waals surface area contributed by atoms with Crippen LogP contribution in [0.4, 0.5) is 5.69 Å². The number of esters is 1. The highest BCUT2D eigenvalue weighted by molar-refractivity contribution is 8.26. The van der Waals surface area contributed by atoms with Crippen molar-refractivity contribution in [3.63, 3.8) is 0 Å². The summed E-state index contributed by atoms with van der Waals surface area (Å²) in [6.07, 6.45) is 2.17. The second-order valence-corrected chi connectivity index (χ2v) is 6.85. The molecule has 0 bridgehead atoms. The lowest BCUT2D eigenvalue weighted by Crippen LogP contribution is -2.34. The van der Waals surface area contributed by atoms with E-state index in [1.165, 1.54) is 25.3 Å². The van der Waals surface area contributed by atoms with E-state index >= 15 is 0 Å². The molecule has 0 aromatic heterocycles. The van der Waals surface area contributed by atoms with Crippen LogP contribution in [0.15, 0.2) is 23.1 Å². The van der Waals surface area contributed by atoms with E-state index in [2.05, 4.69) is 0 Å². The molecule has 1 fully saturated rings. The van der Waals surface area contributed by atoms with Crippen molar-refractivity contribution < 1.29 is 24.0 Å². The number of methoxy groups -OCH3 is 1. The number of hydrogen-bond acceptors (Lipinski definition) is 8. The normalized spacial score (nSPS) is 15.5. The van der Waals surface area contributed by atoms with E-state index in [4.69, 9.17) is 21.7 Å². The molecule has 1 aliphatic rings. The molecule has 1 aliphatic heterocycles. The van der Waals surface area contributed by atoms with Crippen LogP contribution in [0.5, 0.6) is 5.75 Å². The molecule has 0 unspecified atom stereocenters. The molecule has 1 amide bonds. The molecule has 0 saturated carbocycles. The standard InChI is InChI=1S/C16H16N2O6S2/c1-3-6-24-14(19)9-17-15(20)13(26-16(17)25)8-10-4-5-12(23-2)11(7-10)18(21)22/h4-5,7-8H,3,6,9H2,1-2H3. The van der Waals surface area contributed by atoms with Crippen molar-refractivity contribution in [3.05, 3.63) is 38.8 Å². The second kappa shape index (κ2) is 8.77. The maximum absolute atomic E-state index is 12.5. The number of nitro benzene ring substituents is 1. The molecule has 1 aromatic rings. The van der Waals surface area contributed by atoms with Gasteiger partial charge in [-0.05, 0) is 24.1 Å². The summed E-state index contributed by atoms with van der Waals surface area (Å²) in [5.74, 6) is -0.852. The summed E-state index contributed by atoms with van der Waals surface area (Å²) in [5, 5.41) is 11.1. The summed E-state index contributed by atoms with van der Waals surface area (Å²) >= 11 is 6.17. The first-order chi connectivity index (χ1) is 12.4. The fourth-order valence-corrected chi connectivity index (χ4v) is 3.37. The molecule has 1 aromatic carbocycles. The van der Waals surface area contributed by atoms with Gasteiger partial charge in [0.05, 0.1) is 23.5 Å². The number of hydrogen-bond donors (Lipinski definition) is 0. The highest BCUT2D eigenvalue weighted by atomic mass is 32.2. The molecule has 0 aliphatic carbocycles. The average Bonchev–Trinajstić information content (AvgIpc) is 2.87. The van der Waals surface area contributed by atoms with Crippen molar-refractivity contribution >= 4 is 51.9 Å². The Morgan fingerprint density at radius 2 is 2.19 bits per heavy atom. The molecular formula is C16H16N2O6S2. The molecule has 1 saturated heterocycles. The first kappa shape index (κ1) is 19.9. The Kier molecular flexibility index (Phi) is 6.70. The topological polar surface area (TPSA) is 99.0 Å². The number of benzene rings is 1. The summed E-state index contributed by atoms with van der Waals surface area (Å²) in [5.41, 5.74) is 0.242. The van der Waals surface area contributed by atoms with E-state index in [0.717, 1.165) is 16.7 Å². The van der Waals surface area contributed by atoms with Crippen LogP contribution in [0, 0.1) is 10.1 Å². The van der Waals surface area contributed by atoms with Crippen LogP contribution in [-0.2, 0) is 14.3 Å². The summed E-state index contributed by atoms with van der Waals surface area (Å²) in [4.78, 5) is 36.1. The minimum atomic E-state index is -0.564. The Morgan fingerprint density at radius 3 is 2.81 bits per heavy atom. The summed E-state index contributed by atoms with van der Waals surface area (Å²) in [6.45, 7) is 1.88.